The number of nitrogens with zero attached hydrogens (tertiary/aromatic N) is 1. The van der Waals surface area contributed by atoms with E-state index in [0.717, 1.165) is 16.0 Å². The monoisotopic (exact) mass is 308 g/mol. The van der Waals surface area contributed by atoms with E-state index in [-0.39, 0.29) is 0 Å². The zero-order valence-electron chi connectivity index (χ0n) is 9.48. The molecule has 2 nitrogen and oxygen atoms in total. The molecule has 0 bridgehead atoms. The van der Waals surface area contributed by atoms with Gasteiger partial charge in [-0.3, -0.25) is 0 Å². The SMILES string of the molecule is CNc1ncccc1CSc1ccccc1Br. The minimum absolute atomic E-state index is 0.909. The Balaban J connectivity index is 2.10. The zero-order chi connectivity index (χ0) is 12.1. The number of nitrogens with one attached hydrogen (secondary N) is 1. The van der Waals surface area contributed by atoms with E-state index in [2.05, 4.69) is 50.5 Å². The Bertz CT molecular complexity index is 502. The second-order valence-corrected chi connectivity index (χ2v) is 5.35. The molecular weight excluding hydrogens is 296 g/mol. The summed E-state index contributed by atoms with van der Waals surface area (Å²) >= 11 is 5.36. The summed E-state index contributed by atoms with van der Waals surface area (Å²) in [6, 6.07) is 12.3. The normalized spacial score (nSPS) is 10.2. The third kappa shape index (κ3) is 3.23. The van der Waals surface area contributed by atoms with Crippen LogP contribution in [0.15, 0.2) is 52.0 Å². The number of aromatic nitrogens is 1. The van der Waals surface area contributed by atoms with Gasteiger partial charge in [0.2, 0.25) is 0 Å². The Kier molecular flexibility index (Phi) is 4.45. The third-order valence-electron chi connectivity index (χ3n) is 2.35. The van der Waals surface area contributed by atoms with Gasteiger partial charge in [-0.25, -0.2) is 4.98 Å². The van der Waals surface area contributed by atoms with Crippen molar-refractivity contribution in [2.45, 2.75) is 10.6 Å². The van der Waals surface area contributed by atoms with Gasteiger partial charge < -0.3 is 5.32 Å². The lowest BCUT2D eigenvalue weighted by molar-refractivity contribution is 1.22. The van der Waals surface area contributed by atoms with Crippen LogP contribution in [0.5, 0.6) is 0 Å². The molecule has 0 radical (unpaired) electrons. The molecule has 4 heteroatoms. The maximum absolute atomic E-state index is 4.30. The zero-order valence-corrected chi connectivity index (χ0v) is 11.9. The van der Waals surface area contributed by atoms with Crippen molar-refractivity contribution >= 4 is 33.5 Å². The summed E-state index contributed by atoms with van der Waals surface area (Å²) in [6.07, 6.45) is 1.80. The lowest BCUT2D eigenvalue weighted by Crippen LogP contribution is -1.96. The number of thioether (sulfide) groups is 1. The molecule has 1 N–H and O–H groups in total. The van der Waals surface area contributed by atoms with Gasteiger partial charge in [0.05, 0.1) is 0 Å². The maximum Gasteiger partial charge on any atom is 0.129 e. The lowest BCUT2D eigenvalue weighted by Gasteiger charge is -2.08. The van der Waals surface area contributed by atoms with Gasteiger partial charge in [0, 0.05) is 33.9 Å². The molecule has 2 aromatic rings. The topological polar surface area (TPSA) is 24.9 Å². The average molecular weight is 309 g/mol. The predicted molar refractivity (Wildman–Crippen MR) is 77.5 cm³/mol. The number of benzene rings is 1. The van der Waals surface area contributed by atoms with Crippen molar-refractivity contribution in [2.75, 3.05) is 12.4 Å². The van der Waals surface area contributed by atoms with Gasteiger partial charge in [0.1, 0.15) is 5.82 Å². The van der Waals surface area contributed by atoms with Crippen molar-refractivity contribution in [1.29, 1.82) is 0 Å². The van der Waals surface area contributed by atoms with Gasteiger partial charge in [-0.1, -0.05) is 18.2 Å². The molecule has 0 unspecified atom stereocenters. The highest BCUT2D eigenvalue weighted by Gasteiger charge is 2.04. The molecule has 17 heavy (non-hydrogen) atoms. The minimum Gasteiger partial charge on any atom is -0.373 e. The number of hydrogen-bond donors (Lipinski definition) is 1. The molecule has 0 aliphatic carbocycles. The van der Waals surface area contributed by atoms with E-state index in [1.165, 1.54) is 10.5 Å². The highest BCUT2D eigenvalue weighted by Crippen LogP contribution is 2.30. The van der Waals surface area contributed by atoms with E-state index < -0.39 is 0 Å². The highest BCUT2D eigenvalue weighted by atomic mass is 79.9. The van der Waals surface area contributed by atoms with Crippen LogP contribution in [-0.2, 0) is 5.75 Å². The summed E-state index contributed by atoms with van der Waals surface area (Å²) in [5.74, 6) is 1.86. The summed E-state index contributed by atoms with van der Waals surface area (Å²) in [5.41, 5.74) is 1.22. The van der Waals surface area contributed by atoms with Crippen LogP contribution in [0, 0.1) is 0 Å². The standard InChI is InChI=1S/C13H13BrN2S/c1-15-13-10(5-4-8-16-13)9-17-12-7-3-2-6-11(12)14/h2-8H,9H2,1H3,(H,15,16). The van der Waals surface area contributed by atoms with Crippen molar-refractivity contribution in [3.05, 3.63) is 52.6 Å². The first-order valence-electron chi connectivity index (χ1n) is 5.30. The van der Waals surface area contributed by atoms with Gasteiger partial charge in [0.15, 0.2) is 0 Å². The van der Waals surface area contributed by atoms with E-state index in [1.54, 1.807) is 18.0 Å². The van der Waals surface area contributed by atoms with E-state index >= 15 is 0 Å². The number of anilines is 1. The second-order valence-electron chi connectivity index (χ2n) is 3.48. The quantitative estimate of drug-likeness (QED) is 0.858. The summed E-state index contributed by atoms with van der Waals surface area (Å²) in [7, 11) is 1.90. The highest BCUT2D eigenvalue weighted by molar-refractivity contribution is 9.10. The minimum atomic E-state index is 0.909. The van der Waals surface area contributed by atoms with Crippen molar-refractivity contribution < 1.29 is 0 Å². The van der Waals surface area contributed by atoms with Gasteiger partial charge in [0.25, 0.3) is 0 Å². The molecule has 0 saturated carbocycles. The van der Waals surface area contributed by atoms with Gasteiger partial charge in [-0.15, -0.1) is 11.8 Å². The number of pyridine rings is 1. The molecule has 0 saturated heterocycles. The summed E-state index contributed by atoms with van der Waals surface area (Å²) < 4.78 is 1.14. The van der Waals surface area contributed by atoms with E-state index in [0.29, 0.717) is 0 Å². The second kappa shape index (κ2) is 6.07. The maximum atomic E-state index is 4.30. The predicted octanol–water partition coefficient (Wildman–Crippen LogP) is 4.18. The average Bonchev–Trinajstić information content (AvgIpc) is 2.38. The Morgan fingerprint density at radius 1 is 1.24 bits per heavy atom. The molecule has 1 heterocycles. The van der Waals surface area contributed by atoms with Crippen LogP contribution in [0.4, 0.5) is 5.82 Å². The Morgan fingerprint density at radius 3 is 2.82 bits per heavy atom. The van der Waals surface area contributed by atoms with E-state index in [4.69, 9.17) is 0 Å². The van der Waals surface area contributed by atoms with Crippen molar-refractivity contribution in [1.82, 2.24) is 4.98 Å². The number of rotatable bonds is 4. The van der Waals surface area contributed by atoms with Crippen molar-refractivity contribution in [3.63, 3.8) is 0 Å². The summed E-state index contributed by atoms with van der Waals surface area (Å²) in [4.78, 5) is 5.54. The van der Waals surface area contributed by atoms with Crippen LogP contribution in [0.2, 0.25) is 0 Å². The van der Waals surface area contributed by atoms with Crippen LogP contribution in [0.1, 0.15) is 5.56 Å². The van der Waals surface area contributed by atoms with Crippen LogP contribution >= 0.6 is 27.7 Å². The molecular formula is C13H13BrN2S. The molecule has 0 fully saturated rings. The van der Waals surface area contributed by atoms with Crippen LogP contribution in [-0.4, -0.2) is 12.0 Å². The molecule has 0 aliphatic rings. The van der Waals surface area contributed by atoms with Crippen LogP contribution in [0.3, 0.4) is 0 Å². The van der Waals surface area contributed by atoms with Crippen molar-refractivity contribution in [2.24, 2.45) is 0 Å². The first kappa shape index (κ1) is 12.5. The molecule has 0 spiro atoms. The van der Waals surface area contributed by atoms with Crippen LogP contribution in [0.25, 0.3) is 0 Å². The molecule has 0 atom stereocenters. The summed E-state index contributed by atoms with van der Waals surface area (Å²) in [5, 5.41) is 3.11. The largest absolute Gasteiger partial charge is 0.373 e. The van der Waals surface area contributed by atoms with Gasteiger partial charge >= 0.3 is 0 Å². The fourth-order valence-electron chi connectivity index (χ4n) is 1.50. The third-order valence-corrected chi connectivity index (χ3v) is 4.42. The fourth-order valence-corrected chi connectivity index (χ4v) is 3.05. The molecule has 2 rings (SSSR count). The molecule has 0 amide bonds. The Labute approximate surface area is 114 Å². The van der Waals surface area contributed by atoms with Gasteiger partial charge in [-0.05, 0) is 34.1 Å². The van der Waals surface area contributed by atoms with Crippen LogP contribution < -0.4 is 5.32 Å². The first-order chi connectivity index (χ1) is 8.31. The molecule has 1 aromatic carbocycles. The van der Waals surface area contributed by atoms with E-state index in [9.17, 15) is 0 Å². The Morgan fingerprint density at radius 2 is 2.06 bits per heavy atom. The smallest absolute Gasteiger partial charge is 0.129 e. The van der Waals surface area contributed by atoms with Gasteiger partial charge in [-0.2, -0.15) is 0 Å². The Hall–Kier alpha value is -1.00. The first-order valence-corrected chi connectivity index (χ1v) is 7.08. The molecule has 1 aromatic heterocycles. The van der Waals surface area contributed by atoms with Crippen molar-refractivity contribution in [3.8, 4) is 0 Å². The molecule has 88 valence electrons. The lowest BCUT2D eigenvalue weighted by atomic mass is 10.3. The summed E-state index contributed by atoms with van der Waals surface area (Å²) in [6.45, 7) is 0. The number of hydrogen-bond acceptors (Lipinski definition) is 3. The number of halogens is 1. The fraction of sp³-hybridized carbons (Fsp3) is 0.154. The van der Waals surface area contributed by atoms with E-state index in [1.807, 2.05) is 19.2 Å². The molecule has 0 aliphatic heterocycles.